The molecule has 0 bridgehead atoms. The Labute approximate surface area is 101 Å². The van der Waals surface area contributed by atoms with Gasteiger partial charge in [-0.3, -0.25) is 9.88 Å². The van der Waals surface area contributed by atoms with Crippen LogP contribution in [-0.4, -0.2) is 40.5 Å². The summed E-state index contributed by atoms with van der Waals surface area (Å²) in [5, 5.41) is 0.713. The van der Waals surface area contributed by atoms with Gasteiger partial charge in [0, 0.05) is 49.1 Å². The molecule has 0 radical (unpaired) electrons. The predicted molar refractivity (Wildman–Crippen MR) is 69.5 cm³/mol. The molecule has 4 heteroatoms. The van der Waals surface area contributed by atoms with Crippen LogP contribution in [-0.2, 0) is 0 Å². The number of thioether (sulfide) groups is 1. The summed E-state index contributed by atoms with van der Waals surface area (Å²) in [6, 6.07) is 4.50. The smallest absolute Gasteiger partial charge is 0.0472 e. The highest BCUT2D eigenvalue weighted by Crippen LogP contribution is 2.26. The molecule has 0 saturated carbocycles. The highest BCUT2D eigenvalue weighted by molar-refractivity contribution is 7.99. The Morgan fingerprint density at radius 1 is 1.56 bits per heavy atom. The van der Waals surface area contributed by atoms with E-state index in [4.69, 9.17) is 5.73 Å². The molecule has 1 fully saturated rings. The fourth-order valence-corrected chi connectivity index (χ4v) is 3.25. The van der Waals surface area contributed by atoms with E-state index in [2.05, 4.69) is 40.7 Å². The van der Waals surface area contributed by atoms with Crippen molar-refractivity contribution < 1.29 is 0 Å². The van der Waals surface area contributed by atoms with E-state index in [0.29, 0.717) is 17.8 Å². The summed E-state index contributed by atoms with van der Waals surface area (Å²) >= 11 is 2.05. The fraction of sp³-hybridized carbons (Fsp3) is 0.583. The van der Waals surface area contributed by atoms with E-state index in [0.717, 1.165) is 13.1 Å². The highest BCUT2D eigenvalue weighted by atomic mass is 32.2. The van der Waals surface area contributed by atoms with Gasteiger partial charge in [-0.1, -0.05) is 6.92 Å². The molecule has 1 aromatic heterocycles. The van der Waals surface area contributed by atoms with Crippen LogP contribution in [0.3, 0.4) is 0 Å². The molecule has 0 aromatic carbocycles. The van der Waals surface area contributed by atoms with Crippen molar-refractivity contribution in [1.82, 2.24) is 9.88 Å². The second-order valence-corrected chi connectivity index (χ2v) is 5.75. The van der Waals surface area contributed by atoms with Crippen LogP contribution in [0.1, 0.15) is 18.5 Å². The normalized spacial score (nSPS) is 24.2. The van der Waals surface area contributed by atoms with Crippen LogP contribution in [0.15, 0.2) is 24.5 Å². The van der Waals surface area contributed by atoms with Crippen LogP contribution in [0, 0.1) is 0 Å². The first-order chi connectivity index (χ1) is 7.81. The maximum atomic E-state index is 5.91. The first-order valence-electron chi connectivity index (χ1n) is 5.77. The van der Waals surface area contributed by atoms with Crippen molar-refractivity contribution in [2.45, 2.75) is 18.2 Å². The van der Waals surface area contributed by atoms with Gasteiger partial charge in [0.15, 0.2) is 0 Å². The molecule has 88 valence electrons. The first-order valence-corrected chi connectivity index (χ1v) is 6.81. The van der Waals surface area contributed by atoms with E-state index in [1.54, 1.807) is 0 Å². The van der Waals surface area contributed by atoms with Crippen LogP contribution < -0.4 is 5.73 Å². The minimum Gasteiger partial charge on any atom is -0.329 e. The molecule has 0 aliphatic carbocycles. The highest BCUT2D eigenvalue weighted by Gasteiger charge is 2.24. The molecule has 0 amide bonds. The average Bonchev–Trinajstić information content (AvgIpc) is 2.31. The van der Waals surface area contributed by atoms with E-state index in [9.17, 15) is 0 Å². The Morgan fingerprint density at radius 2 is 2.31 bits per heavy atom. The van der Waals surface area contributed by atoms with Gasteiger partial charge >= 0.3 is 0 Å². The van der Waals surface area contributed by atoms with Crippen LogP contribution >= 0.6 is 11.8 Å². The zero-order chi connectivity index (χ0) is 11.4. The van der Waals surface area contributed by atoms with Crippen LogP contribution in [0.25, 0.3) is 0 Å². The van der Waals surface area contributed by atoms with E-state index in [1.807, 2.05) is 12.4 Å². The Morgan fingerprint density at radius 3 is 2.94 bits per heavy atom. The van der Waals surface area contributed by atoms with E-state index < -0.39 is 0 Å². The second kappa shape index (κ2) is 5.66. The lowest BCUT2D eigenvalue weighted by molar-refractivity contribution is 0.211. The molecule has 1 saturated heterocycles. The summed E-state index contributed by atoms with van der Waals surface area (Å²) in [6.45, 7) is 5.24. The molecule has 2 rings (SSSR count). The molecule has 16 heavy (non-hydrogen) atoms. The van der Waals surface area contributed by atoms with Gasteiger partial charge in [-0.15, -0.1) is 0 Å². The summed E-state index contributed by atoms with van der Waals surface area (Å²) < 4.78 is 0. The lowest BCUT2D eigenvalue weighted by atomic mass is 10.1. The number of nitrogens with two attached hydrogens (primary N) is 1. The molecule has 2 heterocycles. The first kappa shape index (κ1) is 11.9. The average molecular weight is 237 g/mol. The van der Waals surface area contributed by atoms with Gasteiger partial charge in [-0.05, 0) is 17.7 Å². The predicted octanol–water partition coefficient (Wildman–Crippen LogP) is 1.52. The van der Waals surface area contributed by atoms with Crippen LogP contribution in [0.5, 0.6) is 0 Å². The summed E-state index contributed by atoms with van der Waals surface area (Å²) in [6.07, 6.45) is 3.69. The van der Waals surface area contributed by atoms with Gasteiger partial charge in [-0.25, -0.2) is 0 Å². The van der Waals surface area contributed by atoms with Crippen molar-refractivity contribution in [3.05, 3.63) is 30.1 Å². The zero-order valence-electron chi connectivity index (χ0n) is 9.67. The fourth-order valence-electron chi connectivity index (χ4n) is 2.21. The van der Waals surface area contributed by atoms with Gasteiger partial charge in [-0.2, -0.15) is 11.8 Å². The van der Waals surface area contributed by atoms with Gasteiger partial charge in [0.05, 0.1) is 0 Å². The van der Waals surface area contributed by atoms with Crippen molar-refractivity contribution >= 4 is 11.8 Å². The Hall–Kier alpha value is -0.580. The quantitative estimate of drug-likeness (QED) is 0.865. The van der Waals surface area contributed by atoms with Gasteiger partial charge in [0.2, 0.25) is 0 Å². The lowest BCUT2D eigenvalue weighted by Crippen LogP contribution is -2.42. The number of pyridine rings is 1. The molecule has 1 aliphatic heterocycles. The third-order valence-corrected chi connectivity index (χ3v) is 4.16. The molecular formula is C12H19N3S. The minimum atomic E-state index is 0.353. The molecule has 1 aromatic rings. The number of rotatable bonds is 3. The zero-order valence-corrected chi connectivity index (χ0v) is 10.5. The summed E-state index contributed by atoms with van der Waals surface area (Å²) in [5.74, 6) is 1.21. The Balaban J connectivity index is 2.10. The maximum Gasteiger partial charge on any atom is 0.0472 e. The number of nitrogens with zero attached hydrogens (tertiary/aromatic N) is 2. The molecule has 1 aliphatic rings. The number of hydrogen-bond donors (Lipinski definition) is 1. The number of aromatic nitrogens is 1. The minimum absolute atomic E-state index is 0.353. The molecule has 2 unspecified atom stereocenters. The summed E-state index contributed by atoms with van der Waals surface area (Å²) in [4.78, 5) is 6.56. The molecule has 0 spiro atoms. The third kappa shape index (κ3) is 2.75. The molecule has 3 nitrogen and oxygen atoms in total. The van der Waals surface area contributed by atoms with Crippen molar-refractivity contribution in [2.75, 3.05) is 25.4 Å². The maximum absolute atomic E-state index is 5.91. The lowest BCUT2D eigenvalue weighted by Gasteiger charge is -2.36. The van der Waals surface area contributed by atoms with Gasteiger partial charge < -0.3 is 5.73 Å². The topological polar surface area (TPSA) is 42.1 Å². The standard InChI is InChI=1S/C12H19N3S/c1-10-9-15(6-7-16-10)12(8-13)11-2-4-14-5-3-11/h2-5,10,12H,6-9,13H2,1H3. The largest absolute Gasteiger partial charge is 0.329 e. The molecule has 2 N–H and O–H groups in total. The molecular weight excluding hydrogens is 218 g/mol. The second-order valence-electron chi connectivity index (χ2n) is 4.21. The van der Waals surface area contributed by atoms with E-state index in [-0.39, 0.29) is 0 Å². The van der Waals surface area contributed by atoms with E-state index in [1.165, 1.54) is 11.3 Å². The van der Waals surface area contributed by atoms with Crippen LogP contribution in [0.2, 0.25) is 0 Å². The van der Waals surface area contributed by atoms with Crippen LogP contribution in [0.4, 0.5) is 0 Å². The van der Waals surface area contributed by atoms with Crippen molar-refractivity contribution in [1.29, 1.82) is 0 Å². The van der Waals surface area contributed by atoms with Crippen molar-refractivity contribution in [3.63, 3.8) is 0 Å². The third-order valence-electron chi connectivity index (χ3n) is 3.03. The Kier molecular flexibility index (Phi) is 4.21. The summed E-state index contributed by atoms with van der Waals surface area (Å²) in [5.41, 5.74) is 7.20. The van der Waals surface area contributed by atoms with Gasteiger partial charge in [0.1, 0.15) is 0 Å². The monoisotopic (exact) mass is 237 g/mol. The van der Waals surface area contributed by atoms with Crippen molar-refractivity contribution in [3.8, 4) is 0 Å². The SMILES string of the molecule is CC1CN(C(CN)c2ccncc2)CCS1. The Bertz CT molecular complexity index is 317. The number of hydrogen-bond acceptors (Lipinski definition) is 4. The molecule has 2 atom stereocenters. The van der Waals surface area contributed by atoms with Crippen molar-refractivity contribution in [2.24, 2.45) is 5.73 Å². The van der Waals surface area contributed by atoms with E-state index >= 15 is 0 Å². The summed E-state index contributed by atoms with van der Waals surface area (Å²) in [7, 11) is 0. The van der Waals surface area contributed by atoms with Gasteiger partial charge in [0.25, 0.3) is 0 Å².